The van der Waals surface area contributed by atoms with Crippen molar-refractivity contribution in [1.82, 2.24) is 14.9 Å². The van der Waals surface area contributed by atoms with Crippen LogP contribution in [0.25, 0.3) is 0 Å². The van der Waals surface area contributed by atoms with Crippen LogP contribution in [0.3, 0.4) is 0 Å². The Morgan fingerprint density at radius 2 is 1.65 bits per heavy atom. The van der Waals surface area contributed by atoms with Gasteiger partial charge in [0.15, 0.2) is 0 Å². The molecule has 1 atom stereocenters. The van der Waals surface area contributed by atoms with Crippen LogP contribution in [0.1, 0.15) is 21.5 Å². The molecule has 4 aromatic carbocycles. The van der Waals surface area contributed by atoms with E-state index in [0.717, 1.165) is 49.7 Å². The maximum Gasteiger partial charge on any atom is 0.416 e. The molecule has 1 aliphatic heterocycles. The molecule has 0 aliphatic carbocycles. The van der Waals surface area contributed by atoms with Gasteiger partial charge in [0.25, 0.3) is 12.3 Å². The first-order chi connectivity index (χ1) is 25.9. The minimum atomic E-state index is -4.57. The number of rotatable bonds is 12. The van der Waals surface area contributed by atoms with Crippen LogP contribution < -0.4 is 34.6 Å². The predicted octanol–water partition coefficient (Wildman–Crippen LogP) is 7.06. The van der Waals surface area contributed by atoms with Crippen molar-refractivity contribution >= 4 is 40.4 Å². The number of anilines is 6. The average molecular weight is 744 g/mol. The molecule has 15 heteroatoms. The van der Waals surface area contributed by atoms with Gasteiger partial charge in [0, 0.05) is 61.1 Å². The van der Waals surface area contributed by atoms with Gasteiger partial charge in [-0.2, -0.15) is 18.2 Å². The lowest BCUT2D eigenvalue weighted by atomic mass is 10.1. The van der Waals surface area contributed by atoms with Crippen molar-refractivity contribution < 1.29 is 37.3 Å². The number of piperazine rings is 1. The molecule has 1 saturated heterocycles. The maximum absolute atomic E-state index is 13.3. The fraction of sp³-hybridized carbons (Fsp3) is 0.256. The Kier molecular flexibility index (Phi) is 11.4. The van der Waals surface area contributed by atoms with E-state index in [4.69, 9.17) is 19.2 Å². The molecule has 5 aromatic rings. The highest BCUT2D eigenvalue weighted by atomic mass is 19.4. The molecule has 1 aromatic heterocycles. The van der Waals surface area contributed by atoms with Crippen LogP contribution in [0.2, 0.25) is 0 Å². The SMILES string of the molecule is COc1ccc(N(c2ccnc(Nc3ccc(N4CCN(C)CC4)cc3)n2)C(O)Oc2cc(C(=O)Nc3cccc(C(F)(F)F)c3)ccc2C)c(OC)c1. The standard InChI is InChI=1S/C39H40F3N7O5/c1-25-8-9-26(36(50)44-29-7-5-6-27(23-29)39(40,41)42)22-33(25)54-38(51)49(32-15-14-31(52-3)24-34(32)53-4)35-16-17-43-37(46-35)45-28-10-12-30(13-11-28)48-20-18-47(2)19-21-48/h5-17,22-24,38,51H,18-21H2,1-4H3,(H,44,50)(H,43,45,46). The zero-order chi connectivity index (χ0) is 38.4. The summed E-state index contributed by atoms with van der Waals surface area (Å²) in [4.78, 5) is 28.3. The van der Waals surface area contributed by atoms with E-state index in [1.807, 2.05) is 24.3 Å². The summed E-state index contributed by atoms with van der Waals surface area (Å²) in [5.74, 6) is 0.763. The molecular weight excluding hydrogens is 703 g/mol. The predicted molar refractivity (Wildman–Crippen MR) is 200 cm³/mol. The fourth-order valence-corrected chi connectivity index (χ4v) is 5.84. The molecule has 0 saturated carbocycles. The van der Waals surface area contributed by atoms with Crippen LogP contribution in [0.5, 0.6) is 17.2 Å². The van der Waals surface area contributed by atoms with E-state index < -0.39 is 24.1 Å². The number of aromatic nitrogens is 2. The van der Waals surface area contributed by atoms with E-state index >= 15 is 0 Å². The normalized spacial score (nSPS) is 13.9. The highest BCUT2D eigenvalue weighted by molar-refractivity contribution is 6.04. The van der Waals surface area contributed by atoms with Crippen molar-refractivity contribution in [3.8, 4) is 17.2 Å². The highest BCUT2D eigenvalue weighted by Crippen LogP contribution is 2.38. The smallest absolute Gasteiger partial charge is 0.416 e. The number of alkyl halides is 3. The molecule has 2 heterocycles. The van der Waals surface area contributed by atoms with Crippen molar-refractivity contribution in [3.63, 3.8) is 0 Å². The van der Waals surface area contributed by atoms with Gasteiger partial charge in [0.05, 0.1) is 25.5 Å². The third kappa shape index (κ3) is 8.93. The molecule has 1 aliphatic rings. The lowest BCUT2D eigenvalue weighted by Crippen LogP contribution is -2.44. The lowest BCUT2D eigenvalue weighted by Gasteiger charge is -2.34. The van der Waals surface area contributed by atoms with Crippen molar-refractivity contribution in [2.45, 2.75) is 19.5 Å². The minimum Gasteiger partial charge on any atom is -0.497 e. The van der Waals surface area contributed by atoms with Crippen molar-refractivity contribution in [2.24, 2.45) is 0 Å². The van der Waals surface area contributed by atoms with Gasteiger partial charge in [0.2, 0.25) is 5.95 Å². The van der Waals surface area contributed by atoms with E-state index in [9.17, 15) is 23.1 Å². The summed E-state index contributed by atoms with van der Waals surface area (Å²) in [6.07, 6.45) is -4.78. The Hall–Kier alpha value is -6.06. The number of benzene rings is 4. The van der Waals surface area contributed by atoms with Crippen LogP contribution in [-0.2, 0) is 6.18 Å². The minimum absolute atomic E-state index is 0.0326. The van der Waals surface area contributed by atoms with Gasteiger partial charge >= 0.3 is 6.18 Å². The number of nitrogens with zero attached hydrogens (tertiary/aromatic N) is 5. The van der Waals surface area contributed by atoms with E-state index in [1.165, 1.54) is 49.6 Å². The number of likely N-dealkylation sites (N-methyl/N-ethyl adjacent to an activating group) is 1. The van der Waals surface area contributed by atoms with Gasteiger partial charge in [-0.25, -0.2) is 4.98 Å². The number of aryl methyl sites for hydroxylation is 1. The zero-order valence-corrected chi connectivity index (χ0v) is 30.1. The zero-order valence-electron chi connectivity index (χ0n) is 30.1. The molecule has 0 bridgehead atoms. The Morgan fingerprint density at radius 3 is 2.35 bits per heavy atom. The van der Waals surface area contributed by atoms with Crippen LogP contribution >= 0.6 is 0 Å². The lowest BCUT2D eigenvalue weighted by molar-refractivity contribution is -0.137. The van der Waals surface area contributed by atoms with Crippen LogP contribution in [0.4, 0.5) is 47.7 Å². The number of carbonyl (C=O) groups excluding carboxylic acids is 1. The number of halogens is 3. The van der Waals surface area contributed by atoms with Crippen LogP contribution in [0.15, 0.2) is 97.2 Å². The Labute approximate surface area is 310 Å². The molecule has 0 spiro atoms. The van der Waals surface area contributed by atoms with Gasteiger partial charge in [0.1, 0.15) is 23.1 Å². The van der Waals surface area contributed by atoms with Gasteiger partial charge in [-0.15, -0.1) is 0 Å². The second-order valence-corrected chi connectivity index (χ2v) is 12.6. The largest absolute Gasteiger partial charge is 0.497 e. The average Bonchev–Trinajstić information content (AvgIpc) is 3.16. The monoisotopic (exact) mass is 743 g/mol. The number of aliphatic hydroxyl groups is 1. The Balaban J connectivity index is 1.27. The van der Waals surface area contributed by atoms with E-state index in [1.54, 1.807) is 37.3 Å². The summed E-state index contributed by atoms with van der Waals surface area (Å²) in [7, 11) is 5.10. The third-order valence-corrected chi connectivity index (χ3v) is 8.88. The molecular formula is C39H40F3N7O5. The first kappa shape index (κ1) is 37.7. The van der Waals surface area contributed by atoms with Crippen LogP contribution in [-0.4, -0.2) is 79.7 Å². The number of nitrogens with one attached hydrogen (secondary N) is 2. The number of methoxy groups -OCH3 is 2. The molecule has 54 heavy (non-hydrogen) atoms. The van der Waals surface area contributed by atoms with Gasteiger partial charge in [-0.3, -0.25) is 9.69 Å². The number of hydrogen-bond acceptors (Lipinski definition) is 11. The maximum atomic E-state index is 13.3. The van der Waals surface area contributed by atoms with Crippen molar-refractivity contribution in [1.29, 1.82) is 0 Å². The van der Waals surface area contributed by atoms with Gasteiger partial charge < -0.3 is 39.8 Å². The van der Waals surface area contributed by atoms with Crippen molar-refractivity contribution in [3.05, 3.63) is 114 Å². The summed E-state index contributed by atoms with van der Waals surface area (Å²) >= 11 is 0. The quantitative estimate of drug-likeness (QED) is 0.114. The van der Waals surface area contributed by atoms with Gasteiger partial charge in [-0.1, -0.05) is 12.1 Å². The molecule has 1 amide bonds. The number of ether oxygens (including phenoxy) is 3. The molecule has 0 radical (unpaired) electrons. The Morgan fingerprint density at radius 1 is 0.889 bits per heavy atom. The van der Waals surface area contributed by atoms with E-state index in [0.29, 0.717) is 22.7 Å². The Bertz CT molecular complexity index is 2080. The summed E-state index contributed by atoms with van der Waals surface area (Å²) in [6.45, 7) is 5.60. The summed E-state index contributed by atoms with van der Waals surface area (Å²) in [5.41, 5.74) is 1.96. The summed E-state index contributed by atoms with van der Waals surface area (Å²) in [5, 5.41) is 17.5. The van der Waals surface area contributed by atoms with Crippen molar-refractivity contribution in [2.75, 3.05) is 67.9 Å². The summed E-state index contributed by atoms with van der Waals surface area (Å²) in [6, 6.07) is 23.4. The topological polar surface area (TPSA) is 125 Å². The number of carbonyl (C=O) groups is 1. The fourth-order valence-electron chi connectivity index (χ4n) is 5.84. The summed E-state index contributed by atoms with van der Waals surface area (Å²) < 4.78 is 56.9. The molecule has 1 unspecified atom stereocenters. The molecule has 1 fully saturated rings. The number of amides is 1. The number of aliphatic hydroxyl groups excluding tert-OH is 1. The number of hydrogen-bond donors (Lipinski definition) is 3. The second-order valence-electron chi connectivity index (χ2n) is 12.6. The molecule has 282 valence electrons. The van der Waals surface area contributed by atoms with Gasteiger partial charge in [-0.05, 0) is 92.3 Å². The highest BCUT2D eigenvalue weighted by Gasteiger charge is 2.31. The molecule has 12 nitrogen and oxygen atoms in total. The van der Waals surface area contributed by atoms with Crippen LogP contribution in [0, 0.1) is 6.92 Å². The second kappa shape index (κ2) is 16.3. The first-order valence-electron chi connectivity index (χ1n) is 17.0. The molecule has 3 N–H and O–H groups in total. The molecule has 6 rings (SSSR count). The van der Waals surface area contributed by atoms with E-state index in [-0.39, 0.29) is 28.8 Å². The van der Waals surface area contributed by atoms with E-state index in [2.05, 4.69) is 32.5 Å². The first-order valence-corrected chi connectivity index (χ1v) is 17.0. The third-order valence-electron chi connectivity index (χ3n) is 8.88.